The van der Waals surface area contributed by atoms with E-state index in [1.54, 1.807) is 0 Å². The SMILES string of the molecule is CC1(c2ccccc2)c2ccccc2-c2c(N(c3ccccc3-c3cccc4cccc(-c5ccccc5)c34)c3ccccc3-c3cccc4c5ccccc5n(-c5ccccc5)c34)cccc21. The van der Waals surface area contributed by atoms with E-state index in [-0.39, 0.29) is 5.41 Å². The maximum absolute atomic E-state index is 2.58. The van der Waals surface area contributed by atoms with Crippen molar-refractivity contribution in [3.63, 3.8) is 0 Å². The second-order valence-corrected chi connectivity index (χ2v) is 18.1. The average molecular weight is 867 g/mol. The van der Waals surface area contributed by atoms with Gasteiger partial charge in [0.25, 0.3) is 0 Å². The summed E-state index contributed by atoms with van der Waals surface area (Å²) in [6, 6.07) is 96.0. The van der Waals surface area contributed by atoms with Gasteiger partial charge < -0.3 is 9.47 Å². The fraction of sp³-hybridized carbons (Fsp3) is 0.0303. The van der Waals surface area contributed by atoms with Crippen LogP contribution in [0.25, 0.3) is 82.8 Å². The highest BCUT2D eigenvalue weighted by Crippen LogP contribution is 2.58. The van der Waals surface area contributed by atoms with Gasteiger partial charge in [0.15, 0.2) is 0 Å². The summed E-state index contributed by atoms with van der Waals surface area (Å²) in [5.41, 5.74) is 19.9. The van der Waals surface area contributed by atoms with Crippen molar-refractivity contribution in [1.29, 1.82) is 0 Å². The lowest BCUT2D eigenvalue weighted by Gasteiger charge is -2.33. The van der Waals surface area contributed by atoms with E-state index in [1.165, 1.54) is 82.6 Å². The molecule has 0 amide bonds. The van der Waals surface area contributed by atoms with Gasteiger partial charge in [-0.05, 0) is 93.0 Å². The Balaban J connectivity index is 1.14. The summed E-state index contributed by atoms with van der Waals surface area (Å²) in [6.07, 6.45) is 0. The van der Waals surface area contributed by atoms with Gasteiger partial charge >= 0.3 is 0 Å². The van der Waals surface area contributed by atoms with Gasteiger partial charge in [-0.25, -0.2) is 0 Å². The number of rotatable bonds is 8. The molecule has 320 valence electrons. The van der Waals surface area contributed by atoms with Crippen LogP contribution in [-0.4, -0.2) is 4.57 Å². The number of hydrogen-bond donors (Lipinski definition) is 0. The molecule has 1 unspecified atom stereocenters. The van der Waals surface area contributed by atoms with E-state index in [2.05, 4.69) is 277 Å². The topological polar surface area (TPSA) is 8.17 Å². The molecule has 1 aromatic heterocycles. The lowest BCUT2D eigenvalue weighted by Crippen LogP contribution is -2.22. The Morgan fingerprint density at radius 1 is 0.353 bits per heavy atom. The minimum absolute atomic E-state index is 0.379. The molecular formula is C66H46N2. The number of nitrogens with zero attached hydrogens (tertiary/aromatic N) is 2. The summed E-state index contributed by atoms with van der Waals surface area (Å²) in [5.74, 6) is 0. The van der Waals surface area contributed by atoms with Crippen molar-refractivity contribution >= 4 is 49.6 Å². The summed E-state index contributed by atoms with van der Waals surface area (Å²) >= 11 is 0. The van der Waals surface area contributed by atoms with Crippen LogP contribution in [0, 0.1) is 0 Å². The number of anilines is 3. The fourth-order valence-electron chi connectivity index (χ4n) is 11.5. The maximum Gasteiger partial charge on any atom is 0.0620 e. The normalized spacial score (nSPS) is 14.0. The van der Waals surface area contributed by atoms with E-state index in [0.29, 0.717) is 0 Å². The zero-order valence-corrected chi connectivity index (χ0v) is 37.7. The molecule has 1 aliphatic carbocycles. The number of benzene rings is 11. The van der Waals surface area contributed by atoms with Gasteiger partial charge in [-0.1, -0.05) is 224 Å². The Hall–Kier alpha value is -8.72. The highest BCUT2D eigenvalue weighted by atomic mass is 15.2. The fourth-order valence-corrected chi connectivity index (χ4v) is 11.5. The largest absolute Gasteiger partial charge is 0.309 e. The second kappa shape index (κ2) is 16.0. The van der Waals surface area contributed by atoms with Gasteiger partial charge in [0.2, 0.25) is 0 Å². The molecule has 11 aromatic carbocycles. The van der Waals surface area contributed by atoms with E-state index >= 15 is 0 Å². The summed E-state index contributed by atoms with van der Waals surface area (Å²) in [7, 11) is 0. The van der Waals surface area contributed by atoms with Crippen molar-refractivity contribution in [3.05, 3.63) is 278 Å². The Kier molecular flexibility index (Phi) is 9.33. The molecule has 1 heterocycles. The molecule has 0 aliphatic heterocycles. The summed E-state index contributed by atoms with van der Waals surface area (Å²) in [6.45, 7) is 2.41. The molecule has 1 atom stereocenters. The molecule has 0 fully saturated rings. The predicted molar refractivity (Wildman–Crippen MR) is 287 cm³/mol. The molecule has 0 N–H and O–H groups in total. The van der Waals surface area contributed by atoms with Crippen LogP contribution in [0.15, 0.2) is 261 Å². The van der Waals surface area contributed by atoms with Crippen LogP contribution >= 0.6 is 0 Å². The number of para-hydroxylation sites is 5. The Bertz CT molecular complexity index is 3860. The monoisotopic (exact) mass is 866 g/mol. The molecule has 68 heavy (non-hydrogen) atoms. The number of fused-ring (bicyclic) bond motifs is 7. The Labute approximate surface area is 397 Å². The molecule has 2 nitrogen and oxygen atoms in total. The zero-order chi connectivity index (χ0) is 45.2. The molecule has 1 aliphatic rings. The van der Waals surface area contributed by atoms with Crippen LogP contribution in [0.4, 0.5) is 17.1 Å². The second-order valence-electron chi connectivity index (χ2n) is 18.1. The zero-order valence-electron chi connectivity index (χ0n) is 37.7. The van der Waals surface area contributed by atoms with Crippen LogP contribution in [0.2, 0.25) is 0 Å². The van der Waals surface area contributed by atoms with Gasteiger partial charge in [-0.2, -0.15) is 0 Å². The minimum Gasteiger partial charge on any atom is -0.309 e. The van der Waals surface area contributed by atoms with Crippen LogP contribution in [0.1, 0.15) is 23.6 Å². The van der Waals surface area contributed by atoms with Crippen LogP contribution in [-0.2, 0) is 5.41 Å². The Morgan fingerprint density at radius 3 is 1.60 bits per heavy atom. The van der Waals surface area contributed by atoms with Crippen molar-refractivity contribution in [2.45, 2.75) is 12.3 Å². The summed E-state index contributed by atoms with van der Waals surface area (Å²) < 4.78 is 2.46. The van der Waals surface area contributed by atoms with Crippen molar-refractivity contribution < 1.29 is 0 Å². The van der Waals surface area contributed by atoms with Gasteiger partial charge in [-0.15, -0.1) is 0 Å². The average Bonchev–Trinajstić information content (AvgIpc) is 3.90. The van der Waals surface area contributed by atoms with E-state index in [9.17, 15) is 0 Å². The van der Waals surface area contributed by atoms with Crippen LogP contribution in [0.3, 0.4) is 0 Å². The highest BCUT2D eigenvalue weighted by Gasteiger charge is 2.42. The summed E-state index contributed by atoms with van der Waals surface area (Å²) in [5, 5.41) is 4.90. The quantitative estimate of drug-likeness (QED) is 0.148. The highest BCUT2D eigenvalue weighted by molar-refractivity contribution is 6.16. The lowest BCUT2D eigenvalue weighted by atomic mass is 9.74. The molecule has 0 saturated heterocycles. The molecule has 13 rings (SSSR count). The first-order valence-electron chi connectivity index (χ1n) is 23.6. The van der Waals surface area contributed by atoms with E-state index in [0.717, 1.165) is 33.9 Å². The third kappa shape index (κ3) is 6.04. The van der Waals surface area contributed by atoms with E-state index in [1.807, 2.05) is 0 Å². The van der Waals surface area contributed by atoms with Crippen molar-refractivity contribution in [2.24, 2.45) is 0 Å². The van der Waals surface area contributed by atoms with Gasteiger partial charge in [0, 0.05) is 44.1 Å². The first-order chi connectivity index (χ1) is 33.7. The first-order valence-corrected chi connectivity index (χ1v) is 23.6. The lowest BCUT2D eigenvalue weighted by molar-refractivity contribution is 0.714. The first kappa shape index (κ1) is 39.6. The Morgan fingerprint density at radius 2 is 0.853 bits per heavy atom. The number of hydrogen-bond acceptors (Lipinski definition) is 1. The molecular weight excluding hydrogens is 821 g/mol. The third-order valence-electron chi connectivity index (χ3n) is 14.5. The predicted octanol–water partition coefficient (Wildman–Crippen LogP) is 17.7. The van der Waals surface area contributed by atoms with Crippen molar-refractivity contribution in [2.75, 3.05) is 4.90 Å². The molecule has 2 heteroatoms. The molecule has 0 spiro atoms. The smallest absolute Gasteiger partial charge is 0.0620 e. The minimum atomic E-state index is -0.379. The van der Waals surface area contributed by atoms with E-state index in [4.69, 9.17) is 0 Å². The van der Waals surface area contributed by atoms with E-state index < -0.39 is 0 Å². The number of aromatic nitrogens is 1. The molecule has 12 aromatic rings. The van der Waals surface area contributed by atoms with Crippen molar-refractivity contribution in [3.8, 4) is 50.2 Å². The van der Waals surface area contributed by atoms with Gasteiger partial charge in [0.05, 0.1) is 28.1 Å². The van der Waals surface area contributed by atoms with Crippen molar-refractivity contribution in [1.82, 2.24) is 4.57 Å². The molecule has 0 saturated carbocycles. The maximum atomic E-state index is 2.58. The van der Waals surface area contributed by atoms with Gasteiger partial charge in [0.1, 0.15) is 0 Å². The molecule has 0 radical (unpaired) electrons. The van der Waals surface area contributed by atoms with Crippen LogP contribution in [0.5, 0.6) is 0 Å². The van der Waals surface area contributed by atoms with Crippen LogP contribution < -0.4 is 4.90 Å². The molecule has 0 bridgehead atoms. The summed E-state index contributed by atoms with van der Waals surface area (Å²) in [4.78, 5) is 2.58. The third-order valence-corrected chi connectivity index (χ3v) is 14.5. The van der Waals surface area contributed by atoms with Gasteiger partial charge in [-0.3, -0.25) is 0 Å². The standard InChI is InChI=1S/C66H46N2/c1-66(47-27-7-3-8-28-47)57-39-15-11-34-56(57)64-58(66)40-22-44-62(64)68(60-42-17-12-31-50(60)53-36-20-26-46-25-19-35-49(63(46)53)45-23-5-2-6-24-45)61-43-18-14-33-52(61)55-38-21-37-54-51-32-13-16-41-59(51)67(65(54)55)48-29-9-4-10-30-48/h2-44H,1H3.